The lowest BCUT2D eigenvalue weighted by atomic mass is 10.1. The molecule has 16 heavy (non-hydrogen) atoms. The van der Waals surface area contributed by atoms with Gasteiger partial charge in [0.15, 0.2) is 0 Å². The third-order valence-corrected chi connectivity index (χ3v) is 2.51. The molecule has 1 aromatic carbocycles. The van der Waals surface area contributed by atoms with E-state index < -0.39 is 4.92 Å². The van der Waals surface area contributed by atoms with Gasteiger partial charge in [-0.3, -0.25) is 15.2 Å². The van der Waals surface area contributed by atoms with Crippen molar-refractivity contribution in [2.24, 2.45) is 0 Å². The molecule has 0 spiro atoms. The van der Waals surface area contributed by atoms with Crippen LogP contribution in [0, 0.1) is 10.1 Å². The van der Waals surface area contributed by atoms with Gasteiger partial charge in [0.25, 0.3) is 5.69 Å². The Morgan fingerprint density at radius 3 is 2.75 bits per heavy atom. The van der Waals surface area contributed by atoms with Crippen LogP contribution in [0.25, 0.3) is 11.3 Å². The van der Waals surface area contributed by atoms with Gasteiger partial charge in [-0.25, -0.2) is 0 Å². The number of hydrogen-bond acceptors (Lipinski definition) is 4. The maximum atomic E-state index is 10.7. The SMILES string of the molecule is Nc1cn[nH]c1-c1cc(Br)cc([N+](=O)[O-])c1. The van der Waals surface area contributed by atoms with Crippen molar-refractivity contribution in [2.75, 3.05) is 5.73 Å². The molecule has 2 rings (SSSR count). The molecule has 0 radical (unpaired) electrons. The Kier molecular flexibility index (Phi) is 2.61. The second kappa shape index (κ2) is 3.93. The Morgan fingerprint density at radius 1 is 1.44 bits per heavy atom. The van der Waals surface area contributed by atoms with E-state index in [2.05, 4.69) is 26.1 Å². The predicted molar refractivity (Wildman–Crippen MR) is 62.8 cm³/mol. The van der Waals surface area contributed by atoms with Gasteiger partial charge in [-0.1, -0.05) is 15.9 Å². The van der Waals surface area contributed by atoms with Crippen LogP contribution in [0.1, 0.15) is 0 Å². The molecule has 0 bridgehead atoms. The van der Waals surface area contributed by atoms with Gasteiger partial charge < -0.3 is 5.73 Å². The largest absolute Gasteiger partial charge is 0.396 e. The van der Waals surface area contributed by atoms with Crippen LogP contribution in [0.4, 0.5) is 11.4 Å². The lowest BCUT2D eigenvalue weighted by Gasteiger charge is -2.01. The molecule has 0 fully saturated rings. The van der Waals surface area contributed by atoms with Crippen LogP contribution in [-0.4, -0.2) is 15.1 Å². The molecule has 7 heteroatoms. The molecular formula is C9H7BrN4O2. The number of nitro benzene ring substituents is 1. The molecule has 0 saturated heterocycles. The third kappa shape index (κ3) is 1.89. The average molecular weight is 283 g/mol. The van der Waals surface area contributed by atoms with Crippen LogP contribution in [0.2, 0.25) is 0 Å². The topological polar surface area (TPSA) is 97.8 Å². The molecule has 6 nitrogen and oxygen atoms in total. The zero-order valence-electron chi connectivity index (χ0n) is 7.98. The number of nitrogens with two attached hydrogens (primary N) is 1. The minimum absolute atomic E-state index is 0.00150. The molecule has 0 atom stereocenters. The Balaban J connectivity index is 2.58. The summed E-state index contributed by atoms with van der Waals surface area (Å²) in [4.78, 5) is 10.2. The lowest BCUT2D eigenvalue weighted by Crippen LogP contribution is -1.91. The van der Waals surface area contributed by atoms with E-state index in [1.54, 1.807) is 6.07 Å². The van der Waals surface area contributed by atoms with Crippen molar-refractivity contribution >= 4 is 27.3 Å². The number of H-pyrrole nitrogens is 1. The summed E-state index contributed by atoms with van der Waals surface area (Å²) in [5, 5.41) is 17.2. The van der Waals surface area contributed by atoms with Gasteiger partial charge in [-0.05, 0) is 6.07 Å². The van der Waals surface area contributed by atoms with Gasteiger partial charge in [-0.15, -0.1) is 0 Å². The molecule has 0 unspecified atom stereocenters. The van der Waals surface area contributed by atoms with Crippen molar-refractivity contribution in [3.63, 3.8) is 0 Å². The first kappa shape index (κ1) is 10.6. The molecule has 1 heterocycles. The summed E-state index contributed by atoms with van der Waals surface area (Å²) < 4.78 is 0.616. The van der Waals surface area contributed by atoms with Crippen molar-refractivity contribution in [2.45, 2.75) is 0 Å². The summed E-state index contributed by atoms with van der Waals surface area (Å²) in [6.07, 6.45) is 1.46. The number of nitrogens with one attached hydrogen (secondary N) is 1. The van der Waals surface area contributed by atoms with Crippen molar-refractivity contribution < 1.29 is 4.92 Å². The monoisotopic (exact) mass is 282 g/mol. The maximum absolute atomic E-state index is 10.7. The molecule has 0 aliphatic carbocycles. The highest BCUT2D eigenvalue weighted by Gasteiger charge is 2.12. The number of aromatic amines is 1. The number of nitrogen functional groups attached to an aromatic ring is 1. The van der Waals surface area contributed by atoms with E-state index in [1.807, 2.05) is 0 Å². The van der Waals surface area contributed by atoms with Crippen molar-refractivity contribution in [1.82, 2.24) is 10.2 Å². The highest BCUT2D eigenvalue weighted by atomic mass is 79.9. The van der Waals surface area contributed by atoms with Gasteiger partial charge in [0.1, 0.15) is 0 Å². The molecule has 0 amide bonds. The van der Waals surface area contributed by atoms with Crippen molar-refractivity contribution in [3.05, 3.63) is 39.0 Å². The number of anilines is 1. The Hall–Kier alpha value is -1.89. The quantitative estimate of drug-likeness (QED) is 0.652. The fourth-order valence-electron chi connectivity index (χ4n) is 1.35. The molecule has 0 saturated carbocycles. The molecular weight excluding hydrogens is 276 g/mol. The smallest absolute Gasteiger partial charge is 0.271 e. The molecule has 0 aliphatic heterocycles. The second-order valence-electron chi connectivity index (χ2n) is 3.16. The summed E-state index contributed by atoms with van der Waals surface area (Å²) in [6.45, 7) is 0. The standard InChI is InChI=1S/C9H7BrN4O2/c10-6-1-5(2-7(3-6)14(15)16)9-8(11)4-12-13-9/h1-4H,11H2,(H,12,13). The molecule has 0 aliphatic rings. The van der Waals surface area contributed by atoms with Gasteiger partial charge in [-0.2, -0.15) is 5.10 Å². The number of aromatic nitrogens is 2. The minimum atomic E-state index is -0.458. The number of benzene rings is 1. The molecule has 82 valence electrons. The Morgan fingerprint density at radius 2 is 2.19 bits per heavy atom. The fourth-order valence-corrected chi connectivity index (χ4v) is 1.83. The average Bonchev–Trinajstić information content (AvgIpc) is 2.63. The summed E-state index contributed by atoms with van der Waals surface area (Å²) >= 11 is 3.21. The number of halogens is 1. The third-order valence-electron chi connectivity index (χ3n) is 2.05. The van der Waals surface area contributed by atoms with Crippen LogP contribution in [-0.2, 0) is 0 Å². The number of nitro groups is 1. The van der Waals surface area contributed by atoms with Gasteiger partial charge in [0, 0.05) is 22.2 Å². The van der Waals surface area contributed by atoms with Gasteiger partial charge >= 0.3 is 0 Å². The van der Waals surface area contributed by atoms with Crippen LogP contribution < -0.4 is 5.73 Å². The fraction of sp³-hybridized carbons (Fsp3) is 0. The van der Waals surface area contributed by atoms with Crippen LogP contribution in [0.3, 0.4) is 0 Å². The van der Waals surface area contributed by atoms with E-state index >= 15 is 0 Å². The van der Waals surface area contributed by atoms with Crippen LogP contribution >= 0.6 is 15.9 Å². The van der Waals surface area contributed by atoms with E-state index in [-0.39, 0.29) is 5.69 Å². The van der Waals surface area contributed by atoms with E-state index in [0.717, 1.165) is 0 Å². The van der Waals surface area contributed by atoms with Crippen LogP contribution in [0.5, 0.6) is 0 Å². The van der Waals surface area contributed by atoms with Gasteiger partial charge in [0.2, 0.25) is 0 Å². The second-order valence-corrected chi connectivity index (χ2v) is 4.07. The first-order valence-corrected chi connectivity index (χ1v) is 5.11. The van der Waals surface area contributed by atoms with Crippen molar-refractivity contribution in [3.8, 4) is 11.3 Å². The van der Waals surface area contributed by atoms with E-state index in [9.17, 15) is 10.1 Å². The highest BCUT2D eigenvalue weighted by molar-refractivity contribution is 9.10. The predicted octanol–water partition coefficient (Wildman–Crippen LogP) is 2.33. The highest BCUT2D eigenvalue weighted by Crippen LogP contribution is 2.30. The number of nitrogens with zero attached hydrogens (tertiary/aromatic N) is 2. The zero-order valence-corrected chi connectivity index (χ0v) is 9.56. The maximum Gasteiger partial charge on any atom is 0.271 e. The normalized spacial score (nSPS) is 10.3. The first-order valence-electron chi connectivity index (χ1n) is 4.32. The van der Waals surface area contributed by atoms with E-state index in [0.29, 0.717) is 21.4 Å². The van der Waals surface area contributed by atoms with Crippen LogP contribution in [0.15, 0.2) is 28.9 Å². The zero-order chi connectivity index (χ0) is 11.7. The van der Waals surface area contributed by atoms with E-state index in [1.165, 1.54) is 18.3 Å². The first-order chi connectivity index (χ1) is 7.58. The molecule has 1 aromatic heterocycles. The Labute approximate surface area is 98.7 Å². The number of hydrogen-bond donors (Lipinski definition) is 2. The number of non-ortho nitro benzene ring substituents is 1. The summed E-state index contributed by atoms with van der Waals surface area (Å²) in [5.74, 6) is 0. The molecule has 3 N–H and O–H groups in total. The van der Waals surface area contributed by atoms with Gasteiger partial charge in [0.05, 0.1) is 22.5 Å². The molecule has 2 aromatic rings. The number of rotatable bonds is 2. The summed E-state index contributed by atoms with van der Waals surface area (Å²) in [7, 11) is 0. The minimum Gasteiger partial charge on any atom is -0.396 e. The summed E-state index contributed by atoms with van der Waals surface area (Å²) in [6, 6.07) is 4.60. The Bertz CT molecular complexity index is 552. The summed E-state index contributed by atoms with van der Waals surface area (Å²) in [5.41, 5.74) is 7.31. The lowest BCUT2D eigenvalue weighted by molar-refractivity contribution is -0.384. The van der Waals surface area contributed by atoms with E-state index in [4.69, 9.17) is 5.73 Å². The van der Waals surface area contributed by atoms with Crippen molar-refractivity contribution in [1.29, 1.82) is 0 Å².